The summed E-state index contributed by atoms with van der Waals surface area (Å²) in [5, 5.41) is 3.56. The summed E-state index contributed by atoms with van der Waals surface area (Å²) in [6, 6.07) is 8.54. The molecule has 1 N–H and O–H groups in total. The number of nitrogens with one attached hydrogen (secondary N) is 1. The molecule has 1 aromatic carbocycles. The molecule has 2 heteroatoms. The number of likely N-dealkylation sites (N-methyl/N-ethyl adjacent to an activating group) is 1. The van der Waals surface area contributed by atoms with Gasteiger partial charge >= 0.3 is 0 Å². The molecule has 0 amide bonds. The fourth-order valence-corrected chi connectivity index (χ4v) is 4.24. The Kier molecular flexibility index (Phi) is 4.30. The smallest absolute Gasteiger partial charge is 0.0370 e. The minimum atomic E-state index is 0.984. The first-order valence-corrected chi connectivity index (χ1v) is 8.20. The van der Waals surface area contributed by atoms with Crippen molar-refractivity contribution in [3.8, 4) is 0 Å². The first kappa shape index (κ1) is 13.9. The van der Waals surface area contributed by atoms with Crippen LogP contribution in [0.3, 0.4) is 0 Å². The molecule has 0 heterocycles. The molecule has 2 nitrogen and oxygen atoms in total. The van der Waals surface area contributed by atoms with Crippen molar-refractivity contribution in [2.45, 2.75) is 32.6 Å². The van der Waals surface area contributed by atoms with E-state index in [0.29, 0.717) is 0 Å². The molecule has 0 aromatic heterocycles. The monoisotopic (exact) mass is 272 g/mol. The minimum Gasteiger partial charge on any atom is -0.384 e. The fourth-order valence-electron chi connectivity index (χ4n) is 4.24. The Labute approximate surface area is 123 Å². The highest BCUT2D eigenvalue weighted by atomic mass is 15.1. The molecular formula is C18H28N2. The molecule has 3 atom stereocenters. The summed E-state index contributed by atoms with van der Waals surface area (Å²) in [6.07, 6.45) is 6.05. The van der Waals surface area contributed by atoms with Gasteiger partial charge in [-0.2, -0.15) is 0 Å². The van der Waals surface area contributed by atoms with Crippen LogP contribution in [0.5, 0.6) is 0 Å². The van der Waals surface area contributed by atoms with E-state index < -0.39 is 0 Å². The number of hydrogen-bond acceptors (Lipinski definition) is 2. The summed E-state index contributed by atoms with van der Waals surface area (Å²) in [5.74, 6) is 3.10. The maximum atomic E-state index is 3.56. The van der Waals surface area contributed by atoms with Gasteiger partial charge in [0.15, 0.2) is 0 Å². The van der Waals surface area contributed by atoms with Gasteiger partial charge in [0.1, 0.15) is 0 Å². The van der Waals surface area contributed by atoms with Crippen molar-refractivity contribution in [1.82, 2.24) is 4.90 Å². The van der Waals surface area contributed by atoms with E-state index in [1.807, 2.05) is 0 Å². The van der Waals surface area contributed by atoms with Crippen LogP contribution in [0.2, 0.25) is 0 Å². The number of rotatable bonds is 6. The summed E-state index contributed by atoms with van der Waals surface area (Å²) in [7, 11) is 2.28. The van der Waals surface area contributed by atoms with Gasteiger partial charge in [0, 0.05) is 25.3 Å². The molecule has 1 aromatic rings. The fraction of sp³-hybridized carbons (Fsp3) is 0.667. The van der Waals surface area contributed by atoms with E-state index in [1.165, 1.54) is 43.5 Å². The molecule has 110 valence electrons. The Bertz CT molecular complexity index is 443. The third-order valence-electron chi connectivity index (χ3n) is 5.38. The van der Waals surface area contributed by atoms with Crippen LogP contribution in [0.15, 0.2) is 24.3 Å². The van der Waals surface area contributed by atoms with Gasteiger partial charge in [-0.3, -0.25) is 0 Å². The number of aryl methyl sites for hydroxylation is 1. The second-order valence-electron chi connectivity index (χ2n) is 6.94. The topological polar surface area (TPSA) is 15.3 Å². The summed E-state index contributed by atoms with van der Waals surface area (Å²) < 4.78 is 0. The van der Waals surface area contributed by atoms with Gasteiger partial charge < -0.3 is 10.2 Å². The molecule has 3 unspecified atom stereocenters. The first-order valence-electron chi connectivity index (χ1n) is 8.20. The Hall–Kier alpha value is -1.02. The molecule has 2 fully saturated rings. The number of hydrogen-bond donors (Lipinski definition) is 1. The van der Waals surface area contributed by atoms with Crippen molar-refractivity contribution >= 4 is 5.69 Å². The highest BCUT2D eigenvalue weighted by Gasteiger charge is 2.39. The van der Waals surface area contributed by atoms with Crippen molar-refractivity contribution in [3.05, 3.63) is 29.8 Å². The molecule has 20 heavy (non-hydrogen) atoms. The van der Waals surface area contributed by atoms with Gasteiger partial charge in [0.05, 0.1) is 0 Å². The predicted molar refractivity (Wildman–Crippen MR) is 86.1 cm³/mol. The van der Waals surface area contributed by atoms with Crippen molar-refractivity contribution < 1.29 is 0 Å². The number of fused-ring (bicyclic) bond motifs is 2. The standard InChI is InChI=1S/C18H28N2/c1-14-5-3-4-6-18(14)19-9-10-20(2)13-17-12-15-7-8-16(17)11-15/h3-6,15-17,19H,7-13H2,1-2H3. The molecular weight excluding hydrogens is 244 g/mol. The van der Waals surface area contributed by atoms with E-state index in [2.05, 4.69) is 48.5 Å². The zero-order valence-corrected chi connectivity index (χ0v) is 12.9. The number of para-hydroxylation sites is 1. The molecule has 0 aliphatic heterocycles. The highest BCUT2D eigenvalue weighted by molar-refractivity contribution is 5.50. The summed E-state index contributed by atoms with van der Waals surface area (Å²) in [5.41, 5.74) is 2.61. The van der Waals surface area contributed by atoms with Crippen LogP contribution < -0.4 is 5.32 Å². The second-order valence-corrected chi connectivity index (χ2v) is 6.94. The summed E-state index contributed by atoms with van der Waals surface area (Å²) >= 11 is 0. The largest absolute Gasteiger partial charge is 0.384 e. The lowest BCUT2D eigenvalue weighted by molar-refractivity contribution is 0.225. The predicted octanol–water partition coefficient (Wildman–Crippen LogP) is 3.77. The molecule has 2 bridgehead atoms. The third kappa shape index (κ3) is 3.17. The lowest BCUT2D eigenvalue weighted by Gasteiger charge is -2.27. The Balaban J connectivity index is 1.39. The second kappa shape index (κ2) is 6.17. The number of nitrogens with zero attached hydrogens (tertiary/aromatic N) is 1. The van der Waals surface area contributed by atoms with Crippen molar-refractivity contribution in [2.24, 2.45) is 17.8 Å². The van der Waals surface area contributed by atoms with Crippen LogP contribution in [0.25, 0.3) is 0 Å². The van der Waals surface area contributed by atoms with Gasteiger partial charge in [0.2, 0.25) is 0 Å². The molecule has 0 saturated heterocycles. The van der Waals surface area contributed by atoms with Crippen LogP contribution in [0, 0.1) is 24.7 Å². The third-order valence-corrected chi connectivity index (χ3v) is 5.38. The zero-order valence-electron chi connectivity index (χ0n) is 12.9. The van der Waals surface area contributed by atoms with Gasteiger partial charge in [-0.1, -0.05) is 24.6 Å². The van der Waals surface area contributed by atoms with Gasteiger partial charge in [-0.05, 0) is 62.6 Å². The number of benzene rings is 1. The SMILES string of the molecule is Cc1ccccc1NCCN(C)CC1CC2CCC1C2. The maximum absolute atomic E-state index is 3.56. The van der Waals surface area contributed by atoms with Gasteiger partial charge in [0.25, 0.3) is 0 Å². The zero-order chi connectivity index (χ0) is 13.9. The molecule has 2 saturated carbocycles. The van der Waals surface area contributed by atoms with E-state index in [0.717, 1.165) is 30.8 Å². The van der Waals surface area contributed by atoms with E-state index in [4.69, 9.17) is 0 Å². The molecule has 0 spiro atoms. The average Bonchev–Trinajstić information content (AvgIpc) is 3.03. The van der Waals surface area contributed by atoms with Crippen LogP contribution in [0.4, 0.5) is 5.69 Å². The Morgan fingerprint density at radius 1 is 1.20 bits per heavy atom. The van der Waals surface area contributed by atoms with Crippen LogP contribution >= 0.6 is 0 Å². The minimum absolute atomic E-state index is 0.984. The molecule has 3 rings (SSSR count). The maximum Gasteiger partial charge on any atom is 0.0370 e. The van der Waals surface area contributed by atoms with Crippen molar-refractivity contribution in [3.63, 3.8) is 0 Å². The van der Waals surface area contributed by atoms with E-state index >= 15 is 0 Å². The number of anilines is 1. The van der Waals surface area contributed by atoms with Crippen molar-refractivity contribution in [2.75, 3.05) is 32.0 Å². The highest BCUT2D eigenvalue weighted by Crippen LogP contribution is 2.48. The van der Waals surface area contributed by atoms with E-state index in [-0.39, 0.29) is 0 Å². The lowest BCUT2D eigenvalue weighted by Crippen LogP contribution is -2.32. The van der Waals surface area contributed by atoms with Crippen LogP contribution in [-0.2, 0) is 0 Å². The lowest BCUT2D eigenvalue weighted by atomic mass is 9.88. The normalized spacial score (nSPS) is 28.2. The molecule has 2 aliphatic rings. The van der Waals surface area contributed by atoms with Crippen molar-refractivity contribution in [1.29, 1.82) is 0 Å². The van der Waals surface area contributed by atoms with E-state index in [9.17, 15) is 0 Å². The van der Waals surface area contributed by atoms with Crippen LogP contribution in [-0.4, -0.2) is 31.6 Å². The Morgan fingerprint density at radius 3 is 2.75 bits per heavy atom. The van der Waals surface area contributed by atoms with Crippen LogP contribution in [0.1, 0.15) is 31.2 Å². The molecule has 2 aliphatic carbocycles. The van der Waals surface area contributed by atoms with E-state index in [1.54, 1.807) is 0 Å². The first-order chi connectivity index (χ1) is 9.72. The Morgan fingerprint density at radius 2 is 2.05 bits per heavy atom. The van der Waals surface area contributed by atoms with Gasteiger partial charge in [-0.15, -0.1) is 0 Å². The van der Waals surface area contributed by atoms with Gasteiger partial charge in [-0.25, -0.2) is 0 Å². The molecule has 0 radical (unpaired) electrons. The average molecular weight is 272 g/mol. The summed E-state index contributed by atoms with van der Waals surface area (Å²) in [6.45, 7) is 5.66. The summed E-state index contributed by atoms with van der Waals surface area (Å²) in [4.78, 5) is 2.52. The quantitative estimate of drug-likeness (QED) is 0.848.